The number of pyridine rings is 1. The molecule has 1 aromatic heterocycles. The van der Waals surface area contributed by atoms with Crippen molar-refractivity contribution in [1.29, 1.82) is 0 Å². The van der Waals surface area contributed by atoms with Crippen LogP contribution in [0, 0.1) is 17.8 Å². The number of hydrogen-bond donors (Lipinski definition) is 2. The SMILES string of the molecule is CC(C)[C@H](C(=O)N1c2ncccc2C[C@H]1CNC(=O)Cc1ccccc1)C(C)C(N)=O. The summed E-state index contributed by atoms with van der Waals surface area (Å²) in [6.07, 6.45) is 2.52. The second-order valence-corrected chi connectivity index (χ2v) is 8.48. The molecule has 3 atom stereocenters. The Morgan fingerprint density at radius 2 is 1.84 bits per heavy atom. The second kappa shape index (κ2) is 9.73. The van der Waals surface area contributed by atoms with Crippen LogP contribution in [0.25, 0.3) is 0 Å². The molecule has 1 unspecified atom stereocenters. The van der Waals surface area contributed by atoms with E-state index in [2.05, 4.69) is 10.3 Å². The van der Waals surface area contributed by atoms with Crippen LogP contribution in [0.15, 0.2) is 48.7 Å². The fraction of sp³-hybridized carbons (Fsp3) is 0.417. The van der Waals surface area contributed by atoms with E-state index < -0.39 is 17.7 Å². The Morgan fingerprint density at radius 3 is 2.48 bits per heavy atom. The summed E-state index contributed by atoms with van der Waals surface area (Å²) in [6.45, 7) is 5.82. The van der Waals surface area contributed by atoms with Gasteiger partial charge in [-0.05, 0) is 29.5 Å². The quantitative estimate of drug-likeness (QED) is 0.679. The Kier molecular flexibility index (Phi) is 7.05. The van der Waals surface area contributed by atoms with Crippen LogP contribution < -0.4 is 16.0 Å². The number of nitrogens with two attached hydrogens (primary N) is 1. The van der Waals surface area contributed by atoms with Crippen LogP contribution in [0.5, 0.6) is 0 Å². The van der Waals surface area contributed by atoms with E-state index in [0.29, 0.717) is 18.8 Å². The minimum atomic E-state index is -0.603. The first-order valence-electron chi connectivity index (χ1n) is 10.7. The van der Waals surface area contributed by atoms with Gasteiger partial charge in [-0.25, -0.2) is 4.98 Å². The van der Waals surface area contributed by atoms with Gasteiger partial charge in [0.15, 0.2) is 0 Å². The third-order valence-corrected chi connectivity index (χ3v) is 5.89. The van der Waals surface area contributed by atoms with Crippen molar-refractivity contribution in [3.63, 3.8) is 0 Å². The highest BCUT2D eigenvalue weighted by Crippen LogP contribution is 2.34. The van der Waals surface area contributed by atoms with Crippen molar-refractivity contribution in [2.75, 3.05) is 11.4 Å². The largest absolute Gasteiger partial charge is 0.369 e. The summed E-state index contributed by atoms with van der Waals surface area (Å²) >= 11 is 0. The number of anilines is 1. The number of carbonyl (C=O) groups excluding carboxylic acids is 3. The molecule has 1 aliphatic heterocycles. The van der Waals surface area contributed by atoms with Crippen molar-refractivity contribution < 1.29 is 14.4 Å². The summed E-state index contributed by atoms with van der Waals surface area (Å²) in [6, 6.07) is 13.0. The first-order valence-corrected chi connectivity index (χ1v) is 10.7. The second-order valence-electron chi connectivity index (χ2n) is 8.48. The van der Waals surface area contributed by atoms with Crippen LogP contribution in [0.4, 0.5) is 5.82 Å². The zero-order chi connectivity index (χ0) is 22.5. The van der Waals surface area contributed by atoms with Crippen LogP contribution in [-0.2, 0) is 27.2 Å². The molecule has 1 aliphatic rings. The first kappa shape index (κ1) is 22.5. The Hall–Kier alpha value is -3.22. The molecule has 2 aromatic rings. The molecule has 164 valence electrons. The minimum absolute atomic E-state index is 0.0731. The van der Waals surface area contributed by atoms with Gasteiger partial charge >= 0.3 is 0 Å². The van der Waals surface area contributed by atoms with Gasteiger partial charge < -0.3 is 11.1 Å². The van der Waals surface area contributed by atoms with Gasteiger partial charge in [-0.3, -0.25) is 19.3 Å². The molecule has 0 fully saturated rings. The molecular formula is C24H30N4O3. The van der Waals surface area contributed by atoms with E-state index in [9.17, 15) is 14.4 Å². The Balaban J connectivity index is 1.78. The fourth-order valence-corrected chi connectivity index (χ4v) is 4.26. The molecule has 3 rings (SSSR count). The minimum Gasteiger partial charge on any atom is -0.369 e. The third-order valence-electron chi connectivity index (χ3n) is 5.89. The maximum atomic E-state index is 13.6. The molecule has 0 radical (unpaired) electrons. The number of rotatable bonds is 8. The molecular weight excluding hydrogens is 392 g/mol. The molecule has 1 aromatic carbocycles. The van der Waals surface area contributed by atoms with E-state index in [-0.39, 0.29) is 30.2 Å². The van der Waals surface area contributed by atoms with E-state index >= 15 is 0 Å². The molecule has 3 amide bonds. The summed E-state index contributed by atoms with van der Waals surface area (Å²) in [5.74, 6) is -1.43. The highest BCUT2D eigenvalue weighted by atomic mass is 16.2. The van der Waals surface area contributed by atoms with Crippen molar-refractivity contribution in [3.8, 4) is 0 Å². The number of benzene rings is 1. The summed E-state index contributed by atoms with van der Waals surface area (Å²) in [5.41, 5.74) is 7.41. The van der Waals surface area contributed by atoms with Crippen molar-refractivity contribution in [3.05, 3.63) is 59.8 Å². The van der Waals surface area contributed by atoms with Gasteiger partial charge in [0.05, 0.1) is 18.4 Å². The fourth-order valence-electron chi connectivity index (χ4n) is 4.26. The molecule has 0 saturated carbocycles. The van der Waals surface area contributed by atoms with Crippen LogP contribution in [-0.4, -0.2) is 35.3 Å². The predicted molar refractivity (Wildman–Crippen MR) is 119 cm³/mol. The molecule has 2 heterocycles. The topological polar surface area (TPSA) is 105 Å². The highest BCUT2D eigenvalue weighted by molar-refractivity contribution is 5.99. The van der Waals surface area contributed by atoms with Crippen molar-refractivity contribution >= 4 is 23.5 Å². The van der Waals surface area contributed by atoms with Crippen molar-refractivity contribution in [2.45, 2.75) is 39.7 Å². The highest BCUT2D eigenvalue weighted by Gasteiger charge is 2.41. The van der Waals surface area contributed by atoms with Gasteiger partial charge in [0.1, 0.15) is 5.82 Å². The van der Waals surface area contributed by atoms with Crippen LogP contribution in [0.3, 0.4) is 0 Å². The third kappa shape index (κ3) is 5.10. The lowest BCUT2D eigenvalue weighted by atomic mass is 9.82. The number of aromatic nitrogens is 1. The maximum Gasteiger partial charge on any atom is 0.232 e. The Labute approximate surface area is 183 Å². The van der Waals surface area contributed by atoms with Crippen LogP contribution in [0.1, 0.15) is 31.9 Å². The average molecular weight is 423 g/mol. The lowest BCUT2D eigenvalue weighted by Crippen LogP contribution is -2.51. The monoisotopic (exact) mass is 422 g/mol. The maximum absolute atomic E-state index is 13.6. The molecule has 31 heavy (non-hydrogen) atoms. The number of hydrogen-bond acceptors (Lipinski definition) is 4. The van der Waals surface area contributed by atoms with Crippen molar-refractivity contribution in [1.82, 2.24) is 10.3 Å². The van der Waals surface area contributed by atoms with E-state index in [1.54, 1.807) is 18.0 Å². The molecule has 0 aliphatic carbocycles. The van der Waals surface area contributed by atoms with E-state index in [1.807, 2.05) is 56.3 Å². The van der Waals surface area contributed by atoms with Gasteiger partial charge in [0.25, 0.3) is 0 Å². The zero-order valence-corrected chi connectivity index (χ0v) is 18.2. The number of fused-ring (bicyclic) bond motifs is 1. The Bertz CT molecular complexity index is 945. The van der Waals surface area contributed by atoms with Crippen molar-refractivity contribution in [2.24, 2.45) is 23.5 Å². The lowest BCUT2D eigenvalue weighted by molar-refractivity contribution is -0.133. The summed E-state index contributed by atoms with van der Waals surface area (Å²) in [4.78, 5) is 44.0. The van der Waals surface area contributed by atoms with Gasteiger partial charge in [0.2, 0.25) is 17.7 Å². The molecule has 0 spiro atoms. The number of carbonyl (C=O) groups is 3. The zero-order valence-electron chi connectivity index (χ0n) is 18.2. The molecule has 0 saturated heterocycles. The molecule has 7 nitrogen and oxygen atoms in total. The predicted octanol–water partition coefficient (Wildman–Crippen LogP) is 2.09. The summed E-state index contributed by atoms with van der Waals surface area (Å²) in [5, 5.41) is 2.96. The number of amides is 3. The van der Waals surface area contributed by atoms with Gasteiger partial charge in [-0.1, -0.05) is 57.2 Å². The van der Waals surface area contributed by atoms with E-state index in [1.165, 1.54) is 0 Å². The normalized spacial score (nSPS) is 17.2. The van der Waals surface area contributed by atoms with E-state index in [0.717, 1.165) is 11.1 Å². The molecule has 3 N–H and O–H groups in total. The van der Waals surface area contributed by atoms with Crippen LogP contribution in [0.2, 0.25) is 0 Å². The standard InChI is InChI=1S/C24H30N4O3/c1-15(2)21(16(3)22(25)30)24(31)28-19(13-18-10-7-11-26-23(18)28)14-27-20(29)12-17-8-5-4-6-9-17/h4-11,15-16,19,21H,12-14H2,1-3H3,(H2,25,30)(H,27,29)/t16?,19-,21-/m0/s1. The van der Waals surface area contributed by atoms with Gasteiger partial charge in [-0.2, -0.15) is 0 Å². The average Bonchev–Trinajstić information content (AvgIpc) is 3.11. The number of nitrogens with one attached hydrogen (secondary N) is 1. The van der Waals surface area contributed by atoms with E-state index in [4.69, 9.17) is 5.73 Å². The number of primary amides is 1. The van der Waals surface area contributed by atoms with Gasteiger partial charge in [-0.15, -0.1) is 0 Å². The lowest BCUT2D eigenvalue weighted by Gasteiger charge is -2.32. The summed E-state index contributed by atoms with van der Waals surface area (Å²) in [7, 11) is 0. The van der Waals surface area contributed by atoms with Gasteiger partial charge in [0, 0.05) is 18.7 Å². The molecule has 0 bridgehead atoms. The Morgan fingerprint density at radius 1 is 1.13 bits per heavy atom. The smallest absolute Gasteiger partial charge is 0.232 e. The molecule has 7 heteroatoms. The summed E-state index contributed by atoms with van der Waals surface area (Å²) < 4.78 is 0. The van der Waals surface area contributed by atoms with Crippen LogP contribution >= 0.6 is 0 Å². The first-order chi connectivity index (χ1) is 14.8. The number of nitrogens with zero attached hydrogens (tertiary/aromatic N) is 2.